The van der Waals surface area contributed by atoms with Crippen LogP contribution in [0.5, 0.6) is 0 Å². The minimum absolute atomic E-state index is 0.0663. The topological polar surface area (TPSA) is 66.9 Å². The third kappa shape index (κ3) is 4.31. The lowest BCUT2D eigenvalue weighted by atomic mass is 9.95. The lowest BCUT2D eigenvalue weighted by Gasteiger charge is -2.23. The molecule has 0 spiro atoms. The number of carbonyl (C=O) groups excluding carboxylic acids is 1. The molecule has 24 heavy (non-hydrogen) atoms. The van der Waals surface area contributed by atoms with E-state index in [1.54, 1.807) is 6.07 Å². The summed E-state index contributed by atoms with van der Waals surface area (Å²) in [6.45, 7) is 1.97. The molecule has 1 saturated carbocycles. The first-order chi connectivity index (χ1) is 11.7. The van der Waals surface area contributed by atoms with Crippen LogP contribution in [0.4, 0.5) is 5.82 Å². The first kappa shape index (κ1) is 16.4. The van der Waals surface area contributed by atoms with Crippen LogP contribution in [-0.4, -0.2) is 21.9 Å². The number of anilines is 1. The summed E-state index contributed by atoms with van der Waals surface area (Å²) in [5.41, 5.74) is 1.46. The van der Waals surface area contributed by atoms with Crippen LogP contribution < -0.4 is 10.6 Å². The molecule has 1 aliphatic rings. The van der Waals surface area contributed by atoms with Crippen LogP contribution in [-0.2, 0) is 0 Å². The first-order valence-electron chi connectivity index (χ1n) is 8.67. The lowest BCUT2D eigenvalue weighted by Crippen LogP contribution is -2.28. The number of carbonyl (C=O) groups is 1. The number of nitrogens with zero attached hydrogens (tertiary/aromatic N) is 2. The summed E-state index contributed by atoms with van der Waals surface area (Å²) < 4.78 is 0. The quantitative estimate of drug-likeness (QED) is 0.880. The van der Waals surface area contributed by atoms with E-state index in [2.05, 4.69) is 20.6 Å². The molecule has 1 aromatic carbocycles. The van der Waals surface area contributed by atoms with Crippen molar-refractivity contribution in [2.45, 2.75) is 51.1 Å². The fourth-order valence-corrected chi connectivity index (χ4v) is 3.11. The SMILES string of the molecule is CC(NC(=O)c1cc(NC2CCCCC2)ncn1)c1ccccc1. The number of rotatable bonds is 5. The van der Waals surface area contributed by atoms with Gasteiger partial charge in [-0.25, -0.2) is 9.97 Å². The van der Waals surface area contributed by atoms with Gasteiger partial charge in [0.25, 0.3) is 5.91 Å². The Hall–Kier alpha value is -2.43. The van der Waals surface area contributed by atoms with Crippen LogP contribution in [0.1, 0.15) is 61.1 Å². The van der Waals surface area contributed by atoms with Crippen molar-refractivity contribution in [3.05, 3.63) is 54.0 Å². The Morgan fingerprint density at radius 1 is 1.12 bits per heavy atom. The van der Waals surface area contributed by atoms with Gasteiger partial charge in [0.05, 0.1) is 6.04 Å². The van der Waals surface area contributed by atoms with E-state index in [9.17, 15) is 4.79 Å². The molecule has 0 saturated heterocycles. The van der Waals surface area contributed by atoms with Gasteiger partial charge in [0, 0.05) is 12.1 Å². The highest BCUT2D eigenvalue weighted by Crippen LogP contribution is 2.21. The van der Waals surface area contributed by atoms with Gasteiger partial charge in [0.2, 0.25) is 0 Å². The number of benzene rings is 1. The van der Waals surface area contributed by atoms with E-state index in [1.165, 1.54) is 25.6 Å². The highest BCUT2D eigenvalue weighted by molar-refractivity contribution is 5.93. The molecule has 5 nitrogen and oxygen atoms in total. The van der Waals surface area contributed by atoms with E-state index in [0.717, 1.165) is 24.2 Å². The third-order valence-electron chi connectivity index (χ3n) is 4.50. The van der Waals surface area contributed by atoms with E-state index in [0.29, 0.717) is 11.7 Å². The van der Waals surface area contributed by atoms with Crippen LogP contribution in [0, 0.1) is 0 Å². The van der Waals surface area contributed by atoms with E-state index in [-0.39, 0.29) is 11.9 Å². The number of hydrogen-bond donors (Lipinski definition) is 2. The minimum Gasteiger partial charge on any atom is -0.367 e. The van der Waals surface area contributed by atoms with Gasteiger partial charge in [-0.15, -0.1) is 0 Å². The lowest BCUT2D eigenvalue weighted by molar-refractivity contribution is 0.0934. The molecule has 1 amide bonds. The molecule has 0 aliphatic heterocycles. The monoisotopic (exact) mass is 324 g/mol. The Balaban J connectivity index is 1.63. The molecular formula is C19H24N4O. The molecule has 2 aromatic rings. The van der Waals surface area contributed by atoms with Crippen LogP contribution in [0.15, 0.2) is 42.7 Å². The summed E-state index contributed by atoms with van der Waals surface area (Å²) in [6.07, 6.45) is 7.60. The predicted molar refractivity (Wildman–Crippen MR) is 94.9 cm³/mol. The zero-order valence-corrected chi connectivity index (χ0v) is 14.0. The Labute approximate surface area is 142 Å². The molecule has 126 valence electrons. The molecule has 0 radical (unpaired) electrons. The average Bonchev–Trinajstić information content (AvgIpc) is 2.63. The molecule has 1 heterocycles. The molecule has 5 heteroatoms. The summed E-state index contributed by atoms with van der Waals surface area (Å²) in [6, 6.07) is 12.0. The Bertz CT molecular complexity index is 668. The van der Waals surface area contributed by atoms with Crippen LogP contribution >= 0.6 is 0 Å². The van der Waals surface area contributed by atoms with Gasteiger partial charge in [-0.05, 0) is 25.3 Å². The molecular weight excluding hydrogens is 300 g/mol. The maximum atomic E-state index is 12.4. The van der Waals surface area contributed by atoms with Gasteiger partial charge in [0.1, 0.15) is 17.8 Å². The zero-order chi connectivity index (χ0) is 16.8. The van der Waals surface area contributed by atoms with Crippen molar-refractivity contribution in [1.82, 2.24) is 15.3 Å². The molecule has 2 N–H and O–H groups in total. The molecule has 0 bridgehead atoms. The van der Waals surface area contributed by atoms with E-state index in [4.69, 9.17) is 0 Å². The summed E-state index contributed by atoms with van der Waals surface area (Å²) in [7, 11) is 0. The standard InChI is InChI=1S/C19H24N4O/c1-14(15-8-4-2-5-9-15)22-19(24)17-12-18(21-13-20-17)23-16-10-6-3-7-11-16/h2,4-5,8-9,12-14,16H,3,6-7,10-11H2,1H3,(H,22,24)(H,20,21,23). The largest absolute Gasteiger partial charge is 0.367 e. The van der Waals surface area contributed by atoms with Crippen molar-refractivity contribution in [3.63, 3.8) is 0 Å². The Morgan fingerprint density at radius 3 is 2.62 bits per heavy atom. The number of nitrogens with one attached hydrogen (secondary N) is 2. The summed E-state index contributed by atoms with van der Waals surface area (Å²) in [5, 5.41) is 6.42. The van der Waals surface area contributed by atoms with Crippen molar-refractivity contribution in [3.8, 4) is 0 Å². The van der Waals surface area contributed by atoms with Gasteiger partial charge >= 0.3 is 0 Å². The second-order valence-electron chi connectivity index (χ2n) is 6.37. The van der Waals surface area contributed by atoms with Gasteiger partial charge in [0.15, 0.2) is 0 Å². The number of hydrogen-bond acceptors (Lipinski definition) is 4. The maximum absolute atomic E-state index is 12.4. The van der Waals surface area contributed by atoms with Gasteiger partial charge in [-0.3, -0.25) is 4.79 Å². The Kier molecular flexibility index (Phi) is 5.41. The maximum Gasteiger partial charge on any atom is 0.270 e. The van der Waals surface area contributed by atoms with E-state index >= 15 is 0 Å². The van der Waals surface area contributed by atoms with Gasteiger partial charge in [-0.1, -0.05) is 49.6 Å². The molecule has 1 aliphatic carbocycles. The average molecular weight is 324 g/mol. The van der Waals surface area contributed by atoms with Gasteiger partial charge in [-0.2, -0.15) is 0 Å². The van der Waals surface area contributed by atoms with Gasteiger partial charge < -0.3 is 10.6 Å². The number of amides is 1. The molecule has 1 atom stereocenters. The van der Waals surface area contributed by atoms with Crippen molar-refractivity contribution in [2.24, 2.45) is 0 Å². The van der Waals surface area contributed by atoms with Crippen LogP contribution in [0.2, 0.25) is 0 Å². The fraction of sp³-hybridized carbons (Fsp3) is 0.421. The number of aromatic nitrogens is 2. The second kappa shape index (κ2) is 7.90. The van der Waals surface area contributed by atoms with E-state index in [1.807, 2.05) is 37.3 Å². The summed E-state index contributed by atoms with van der Waals surface area (Å²) in [4.78, 5) is 20.8. The summed E-state index contributed by atoms with van der Waals surface area (Å²) in [5.74, 6) is 0.551. The van der Waals surface area contributed by atoms with Crippen LogP contribution in [0.3, 0.4) is 0 Å². The minimum atomic E-state index is -0.180. The highest BCUT2D eigenvalue weighted by Gasteiger charge is 2.16. The predicted octanol–water partition coefficient (Wildman–Crippen LogP) is 3.71. The highest BCUT2D eigenvalue weighted by atomic mass is 16.1. The molecule has 3 rings (SSSR count). The van der Waals surface area contributed by atoms with Crippen molar-refractivity contribution < 1.29 is 4.79 Å². The van der Waals surface area contributed by atoms with Crippen molar-refractivity contribution in [2.75, 3.05) is 5.32 Å². The third-order valence-corrected chi connectivity index (χ3v) is 4.50. The molecule has 1 unspecified atom stereocenters. The fourth-order valence-electron chi connectivity index (χ4n) is 3.11. The van der Waals surface area contributed by atoms with E-state index < -0.39 is 0 Å². The zero-order valence-electron chi connectivity index (χ0n) is 14.0. The first-order valence-corrected chi connectivity index (χ1v) is 8.67. The van der Waals surface area contributed by atoms with Crippen LogP contribution in [0.25, 0.3) is 0 Å². The second-order valence-corrected chi connectivity index (χ2v) is 6.37. The normalized spacial score (nSPS) is 16.4. The Morgan fingerprint density at radius 2 is 1.88 bits per heavy atom. The van der Waals surface area contributed by atoms with Crippen molar-refractivity contribution >= 4 is 11.7 Å². The smallest absolute Gasteiger partial charge is 0.270 e. The molecule has 1 aromatic heterocycles. The molecule has 1 fully saturated rings. The summed E-state index contributed by atoms with van der Waals surface area (Å²) >= 11 is 0. The van der Waals surface area contributed by atoms with Crippen molar-refractivity contribution in [1.29, 1.82) is 0 Å².